The van der Waals surface area contributed by atoms with Crippen LogP contribution in [0.15, 0.2) is 34.4 Å². The Morgan fingerprint density at radius 1 is 1.27 bits per heavy atom. The van der Waals surface area contributed by atoms with Gasteiger partial charge in [-0.1, -0.05) is 17.4 Å². The summed E-state index contributed by atoms with van der Waals surface area (Å²) in [6.45, 7) is 2.53. The number of allylic oxidation sites excluding steroid dienone is 1. The number of nitrogen functional groups attached to an aromatic ring is 1. The first-order valence-electron chi connectivity index (χ1n) is 9.07. The van der Waals surface area contributed by atoms with Crippen molar-refractivity contribution in [3.63, 3.8) is 0 Å². The van der Waals surface area contributed by atoms with E-state index in [4.69, 9.17) is 37.3 Å². The van der Waals surface area contributed by atoms with E-state index >= 15 is 0 Å². The van der Waals surface area contributed by atoms with E-state index in [-0.39, 0.29) is 17.4 Å². The van der Waals surface area contributed by atoms with Gasteiger partial charge in [0.05, 0.1) is 17.1 Å². The van der Waals surface area contributed by atoms with Crippen LogP contribution in [0.25, 0.3) is 18.2 Å². The van der Waals surface area contributed by atoms with Gasteiger partial charge in [0.25, 0.3) is 0 Å². The average molecular weight is 442 g/mol. The summed E-state index contributed by atoms with van der Waals surface area (Å²) in [4.78, 5) is 2.90. The van der Waals surface area contributed by atoms with Gasteiger partial charge in [-0.05, 0) is 49.0 Å². The van der Waals surface area contributed by atoms with Crippen LogP contribution in [-0.4, -0.2) is 29.0 Å². The Morgan fingerprint density at radius 2 is 2.07 bits per heavy atom. The van der Waals surface area contributed by atoms with Crippen LogP contribution >= 0.6 is 23.6 Å². The molecule has 0 bridgehead atoms. The number of H-pyrrole nitrogens is 1. The normalized spacial score (nSPS) is 13.6. The second-order valence-electron chi connectivity index (χ2n) is 6.65. The fraction of sp³-hybridized carbons (Fsp3) is 0.143. The molecule has 0 fully saturated rings. The molecule has 1 aliphatic carbocycles. The molecule has 0 saturated carbocycles. The zero-order valence-corrected chi connectivity index (χ0v) is 17.7. The molecule has 5 N–H and O–H groups in total. The van der Waals surface area contributed by atoms with Crippen LogP contribution < -0.4 is 21.3 Å². The number of nitrogens with two attached hydrogens (primary N) is 1. The van der Waals surface area contributed by atoms with Crippen molar-refractivity contribution in [3.8, 4) is 10.8 Å². The third-order valence-corrected chi connectivity index (χ3v) is 5.40. The molecule has 154 valence electrons. The molecule has 7 nitrogen and oxygen atoms in total. The van der Waals surface area contributed by atoms with Gasteiger partial charge in [-0.25, -0.2) is 0 Å². The van der Waals surface area contributed by atoms with Crippen molar-refractivity contribution in [1.82, 2.24) is 4.98 Å². The van der Waals surface area contributed by atoms with Crippen molar-refractivity contribution in [1.29, 1.82) is 5.41 Å². The number of hydrogen-bond donors (Lipinski definition) is 4. The number of thiazole rings is 1. The quantitative estimate of drug-likeness (QED) is 0.265. The molecule has 0 aliphatic heterocycles. The van der Waals surface area contributed by atoms with E-state index < -0.39 is 0 Å². The Morgan fingerprint density at radius 3 is 2.83 bits per heavy atom. The number of rotatable bonds is 6. The number of nitrogens with one attached hydrogen (secondary N) is 2. The van der Waals surface area contributed by atoms with Crippen molar-refractivity contribution in [2.45, 2.75) is 6.92 Å². The first kappa shape index (κ1) is 20.0. The van der Waals surface area contributed by atoms with E-state index in [9.17, 15) is 5.11 Å². The Kier molecular flexibility index (Phi) is 5.47. The number of aromatic hydroxyl groups is 1. The molecule has 0 radical (unpaired) electrons. The number of hydrogen-bond acceptors (Lipinski definition) is 8. The summed E-state index contributed by atoms with van der Waals surface area (Å²) in [7, 11) is 0. The number of anilines is 1. The third kappa shape index (κ3) is 4.32. The van der Waals surface area contributed by atoms with Crippen molar-refractivity contribution < 1.29 is 19.0 Å². The number of aromatic amines is 1. The highest BCUT2D eigenvalue weighted by atomic mass is 32.1. The van der Waals surface area contributed by atoms with E-state index in [0.29, 0.717) is 44.3 Å². The van der Waals surface area contributed by atoms with Crippen LogP contribution in [0.4, 0.5) is 5.69 Å². The lowest BCUT2D eigenvalue weighted by atomic mass is 10.1. The maximum Gasteiger partial charge on any atom is 0.198 e. The highest BCUT2D eigenvalue weighted by Gasteiger charge is 2.14. The smallest absolute Gasteiger partial charge is 0.198 e. The van der Waals surface area contributed by atoms with Gasteiger partial charge in [-0.3, -0.25) is 5.41 Å². The average Bonchev–Trinajstić information content (AvgIpc) is 3.22. The maximum absolute atomic E-state index is 9.87. The van der Waals surface area contributed by atoms with Crippen LogP contribution in [0.1, 0.15) is 16.8 Å². The molecule has 30 heavy (non-hydrogen) atoms. The lowest BCUT2D eigenvalue weighted by molar-refractivity contribution is 0.170. The molecule has 0 atom stereocenters. The number of fused-ring (bicyclic) bond motifs is 1. The van der Waals surface area contributed by atoms with Gasteiger partial charge in [-0.2, -0.15) is 0 Å². The maximum atomic E-state index is 9.87. The van der Waals surface area contributed by atoms with Crippen LogP contribution in [-0.2, 0) is 4.74 Å². The predicted molar refractivity (Wildman–Crippen MR) is 120 cm³/mol. The van der Waals surface area contributed by atoms with Crippen LogP contribution in [0, 0.1) is 16.3 Å². The molecular weight excluding hydrogens is 422 g/mol. The molecular formula is C21H19N3O4S2. The summed E-state index contributed by atoms with van der Waals surface area (Å²) in [6, 6.07) is 7.40. The fourth-order valence-corrected chi connectivity index (χ4v) is 3.82. The molecule has 2 aromatic heterocycles. The fourth-order valence-electron chi connectivity index (χ4n) is 2.92. The van der Waals surface area contributed by atoms with Gasteiger partial charge < -0.3 is 29.7 Å². The second-order valence-corrected chi connectivity index (χ2v) is 8.32. The lowest BCUT2D eigenvalue weighted by Crippen LogP contribution is -2.16. The van der Waals surface area contributed by atoms with Gasteiger partial charge in [0.15, 0.2) is 9.02 Å². The lowest BCUT2D eigenvalue weighted by Gasteiger charge is -2.13. The number of furan rings is 1. The molecule has 3 aromatic rings. The summed E-state index contributed by atoms with van der Waals surface area (Å²) in [6.07, 6.45) is 5.00. The molecule has 0 spiro atoms. The van der Waals surface area contributed by atoms with Crippen molar-refractivity contribution >= 4 is 53.2 Å². The minimum atomic E-state index is 0.0971. The zero-order valence-electron chi connectivity index (χ0n) is 16.0. The monoisotopic (exact) mass is 441 g/mol. The zero-order chi connectivity index (χ0) is 21.3. The summed E-state index contributed by atoms with van der Waals surface area (Å²) < 4.78 is 17.6. The molecule has 0 saturated heterocycles. The first-order chi connectivity index (χ1) is 14.4. The number of aryl methyl sites for hydroxylation is 1. The summed E-state index contributed by atoms with van der Waals surface area (Å²) in [5.74, 6) is 1.04. The Hall–Kier alpha value is -3.30. The molecule has 0 amide bonds. The van der Waals surface area contributed by atoms with E-state index in [1.807, 2.05) is 19.1 Å². The van der Waals surface area contributed by atoms with Gasteiger partial charge >= 0.3 is 0 Å². The minimum Gasteiger partial charge on any atom is -0.498 e. The number of benzene rings is 1. The summed E-state index contributed by atoms with van der Waals surface area (Å²) in [5, 5.41) is 18.1. The van der Waals surface area contributed by atoms with Gasteiger partial charge in [-0.15, -0.1) is 0 Å². The summed E-state index contributed by atoms with van der Waals surface area (Å²) >= 11 is 6.11. The highest BCUT2D eigenvalue weighted by molar-refractivity contribution is 7.73. The van der Waals surface area contributed by atoms with E-state index in [0.717, 1.165) is 22.5 Å². The molecule has 9 heteroatoms. The molecule has 1 aromatic carbocycles. The second kappa shape index (κ2) is 8.21. The molecule has 4 rings (SSSR count). The van der Waals surface area contributed by atoms with Gasteiger partial charge in [0, 0.05) is 17.7 Å². The predicted octanol–water partition coefficient (Wildman–Crippen LogP) is 3.07. The van der Waals surface area contributed by atoms with Crippen LogP contribution in [0.5, 0.6) is 10.8 Å². The van der Waals surface area contributed by atoms with Crippen LogP contribution in [0.3, 0.4) is 0 Å². The molecule has 2 heterocycles. The SMILES string of the molecule is Cc1ccc(N)c(OCCOC2=Cc3cc(=Cc4[nH]c(=S)sc4O)oc3=CC2=N)c1. The van der Waals surface area contributed by atoms with E-state index in [1.54, 1.807) is 30.4 Å². The largest absolute Gasteiger partial charge is 0.498 e. The topological polar surface area (TPSA) is 117 Å². The third-order valence-electron chi connectivity index (χ3n) is 4.35. The number of ether oxygens (including phenoxy) is 2. The summed E-state index contributed by atoms with van der Waals surface area (Å²) in [5.41, 5.74) is 10.1. The van der Waals surface area contributed by atoms with Crippen molar-refractivity contribution in [3.05, 3.63) is 61.6 Å². The van der Waals surface area contributed by atoms with Crippen molar-refractivity contribution in [2.24, 2.45) is 0 Å². The number of aromatic nitrogens is 1. The van der Waals surface area contributed by atoms with E-state index in [1.165, 1.54) is 0 Å². The van der Waals surface area contributed by atoms with Crippen molar-refractivity contribution in [2.75, 3.05) is 18.9 Å². The molecule has 1 aliphatic rings. The Balaban J connectivity index is 1.45. The Labute approximate surface area is 180 Å². The van der Waals surface area contributed by atoms with E-state index in [2.05, 4.69) is 4.98 Å². The van der Waals surface area contributed by atoms with Gasteiger partial charge in [0.1, 0.15) is 35.6 Å². The molecule has 0 unspecified atom stereocenters. The van der Waals surface area contributed by atoms with Gasteiger partial charge in [0.2, 0.25) is 0 Å². The minimum absolute atomic E-state index is 0.0971. The highest BCUT2D eigenvalue weighted by Crippen LogP contribution is 2.23. The first-order valence-corrected chi connectivity index (χ1v) is 10.3. The van der Waals surface area contributed by atoms with Crippen LogP contribution in [0.2, 0.25) is 0 Å². The standard InChI is InChI=1S/C21H19N3O4S2/c1-11-2-3-14(22)18(6-11)26-4-5-27-19-8-12-7-13(28-17(12)10-15(19)23)9-16-20(25)30-21(29)24-16/h2-3,6-10,23,25H,4-5,22H2,1H3,(H,24,29). The Bertz CT molecular complexity index is 1330.